The van der Waals surface area contributed by atoms with Gasteiger partial charge in [0.25, 0.3) is 0 Å². The molecule has 3 aliphatic rings. The molecule has 0 spiro atoms. The van der Waals surface area contributed by atoms with Crippen LogP contribution in [0.4, 0.5) is 10.1 Å². The first-order chi connectivity index (χ1) is 21.1. The third-order valence-electron chi connectivity index (χ3n) is 8.76. The number of carbonyl (C=O) groups excluding carboxylic acids is 2. The fourth-order valence-electron chi connectivity index (χ4n) is 6.22. The number of piperazine rings is 1. The number of ether oxygens (including phenoxy) is 1. The van der Waals surface area contributed by atoms with E-state index in [2.05, 4.69) is 19.9 Å². The SMILES string of the molecule is CC.COC(=O)C1CN(c2ccc(F)cc2)CCN1S(=O)c1ccc2c(c1)C(=O)c1cc(SC3CCC(C)(C)CC3)ccc1-2. The summed E-state index contributed by atoms with van der Waals surface area (Å²) in [5.74, 6) is -0.886. The number of nitrogens with zero attached hydrogens (tertiary/aromatic N) is 2. The highest BCUT2D eigenvalue weighted by Gasteiger charge is 2.38. The molecule has 0 amide bonds. The van der Waals surface area contributed by atoms with Crippen LogP contribution in [0.2, 0.25) is 0 Å². The Hall–Kier alpha value is -3.01. The summed E-state index contributed by atoms with van der Waals surface area (Å²) in [5.41, 5.74) is 4.17. The van der Waals surface area contributed by atoms with Crippen LogP contribution < -0.4 is 4.90 Å². The number of fused-ring (bicyclic) bond motifs is 3. The number of thioether (sulfide) groups is 1. The first-order valence-corrected chi connectivity index (χ1v) is 17.4. The van der Waals surface area contributed by atoms with Crippen LogP contribution in [0.1, 0.15) is 69.3 Å². The predicted molar refractivity (Wildman–Crippen MR) is 176 cm³/mol. The number of ketones is 1. The lowest BCUT2D eigenvalue weighted by atomic mass is 9.77. The van der Waals surface area contributed by atoms with Crippen molar-refractivity contribution in [3.05, 3.63) is 77.6 Å². The van der Waals surface area contributed by atoms with Gasteiger partial charge >= 0.3 is 5.97 Å². The molecule has 44 heavy (non-hydrogen) atoms. The molecule has 1 saturated carbocycles. The van der Waals surface area contributed by atoms with Crippen molar-refractivity contribution in [2.45, 2.75) is 74.5 Å². The molecule has 0 N–H and O–H groups in total. The van der Waals surface area contributed by atoms with Crippen molar-refractivity contribution in [1.29, 1.82) is 0 Å². The van der Waals surface area contributed by atoms with Crippen LogP contribution in [0, 0.1) is 11.2 Å². The van der Waals surface area contributed by atoms with Gasteiger partial charge in [0.05, 0.1) is 12.0 Å². The summed E-state index contributed by atoms with van der Waals surface area (Å²) in [6.45, 7) is 9.75. The molecular formula is C35H41FN2O4S2. The normalized spacial score (nSPS) is 20.3. The molecule has 0 aromatic heterocycles. The number of anilines is 1. The number of methoxy groups -OCH3 is 1. The average molecular weight is 637 g/mol. The summed E-state index contributed by atoms with van der Waals surface area (Å²) < 4.78 is 34.0. The number of esters is 1. The van der Waals surface area contributed by atoms with Gasteiger partial charge in [0.2, 0.25) is 0 Å². The standard InChI is InChI=1S/C33H35FN2O4S2.C2H6/c1-33(2)14-12-23(13-15-33)41-24-8-10-26-27-11-9-25(19-29(27)31(37)28(26)18-24)42(39)36-17-16-35(20-30(36)32(38)40-3)22-6-4-21(34)5-7-22;1-2/h4-11,18-19,23,30H,12-17,20H2,1-3H3;1-2H3. The Kier molecular flexibility index (Phi) is 9.97. The highest BCUT2D eigenvalue weighted by atomic mass is 32.2. The monoisotopic (exact) mass is 636 g/mol. The van der Waals surface area contributed by atoms with E-state index in [1.54, 1.807) is 28.6 Å². The van der Waals surface area contributed by atoms with E-state index in [0.717, 1.165) is 21.7 Å². The minimum atomic E-state index is -1.70. The van der Waals surface area contributed by atoms with Crippen molar-refractivity contribution in [2.24, 2.45) is 5.41 Å². The molecule has 9 heteroatoms. The van der Waals surface area contributed by atoms with E-state index in [9.17, 15) is 18.2 Å². The Morgan fingerprint density at radius 3 is 2.23 bits per heavy atom. The van der Waals surface area contributed by atoms with Gasteiger partial charge in [-0.1, -0.05) is 39.8 Å². The molecule has 234 valence electrons. The smallest absolute Gasteiger partial charge is 0.325 e. The molecule has 0 bridgehead atoms. The van der Waals surface area contributed by atoms with E-state index < -0.39 is 23.0 Å². The van der Waals surface area contributed by atoms with Crippen molar-refractivity contribution in [3.8, 4) is 11.1 Å². The van der Waals surface area contributed by atoms with Crippen LogP contribution in [-0.4, -0.2) is 58.3 Å². The molecule has 2 unspecified atom stereocenters. The fourth-order valence-corrected chi connectivity index (χ4v) is 8.71. The summed E-state index contributed by atoms with van der Waals surface area (Å²) in [7, 11) is -0.383. The number of hydrogen-bond donors (Lipinski definition) is 0. The Morgan fingerprint density at radius 1 is 0.932 bits per heavy atom. The fraction of sp³-hybridized carbons (Fsp3) is 0.429. The zero-order valence-electron chi connectivity index (χ0n) is 26.1. The van der Waals surface area contributed by atoms with E-state index >= 15 is 0 Å². The number of halogens is 1. The zero-order valence-corrected chi connectivity index (χ0v) is 27.7. The van der Waals surface area contributed by atoms with E-state index in [4.69, 9.17) is 4.74 Å². The Morgan fingerprint density at radius 2 is 1.57 bits per heavy atom. The van der Waals surface area contributed by atoms with Crippen molar-refractivity contribution < 1.29 is 22.9 Å². The van der Waals surface area contributed by atoms with Crippen LogP contribution in [0.25, 0.3) is 11.1 Å². The number of rotatable bonds is 6. The molecule has 1 saturated heterocycles. The average Bonchev–Trinajstić information content (AvgIpc) is 3.32. The topological polar surface area (TPSA) is 66.9 Å². The van der Waals surface area contributed by atoms with Gasteiger partial charge in [0.1, 0.15) is 22.8 Å². The lowest BCUT2D eigenvalue weighted by molar-refractivity contribution is -0.145. The molecule has 6 rings (SSSR count). The second kappa shape index (κ2) is 13.5. The van der Waals surface area contributed by atoms with Crippen LogP contribution in [0.5, 0.6) is 0 Å². The van der Waals surface area contributed by atoms with Crippen LogP contribution in [0.3, 0.4) is 0 Å². The quantitative estimate of drug-likeness (QED) is 0.204. The van der Waals surface area contributed by atoms with Crippen molar-refractivity contribution in [2.75, 3.05) is 31.6 Å². The van der Waals surface area contributed by atoms with Gasteiger partial charge in [0, 0.05) is 46.6 Å². The Balaban J connectivity index is 0.00000188. The molecule has 1 heterocycles. The Bertz CT molecular complexity index is 1550. The molecule has 3 aromatic carbocycles. The highest BCUT2D eigenvalue weighted by molar-refractivity contribution is 8.00. The molecule has 2 atom stereocenters. The maximum atomic E-state index is 13.9. The van der Waals surface area contributed by atoms with Crippen LogP contribution in [-0.2, 0) is 20.5 Å². The van der Waals surface area contributed by atoms with Gasteiger partial charge in [-0.3, -0.25) is 9.59 Å². The molecule has 6 nitrogen and oxygen atoms in total. The van der Waals surface area contributed by atoms with Crippen LogP contribution in [0.15, 0.2) is 70.5 Å². The number of benzene rings is 3. The molecule has 3 aromatic rings. The van der Waals surface area contributed by atoms with E-state index in [1.807, 2.05) is 48.7 Å². The number of hydrogen-bond acceptors (Lipinski definition) is 6. The third kappa shape index (κ3) is 6.65. The number of carbonyl (C=O) groups is 2. The maximum Gasteiger partial charge on any atom is 0.325 e. The molecule has 2 aliphatic carbocycles. The van der Waals surface area contributed by atoms with Crippen LogP contribution >= 0.6 is 11.8 Å². The van der Waals surface area contributed by atoms with Gasteiger partial charge in [-0.15, -0.1) is 11.8 Å². The van der Waals surface area contributed by atoms with Gasteiger partial charge in [0.15, 0.2) is 5.78 Å². The van der Waals surface area contributed by atoms with Gasteiger partial charge < -0.3 is 9.64 Å². The molecule has 2 fully saturated rings. The van der Waals surface area contributed by atoms with Gasteiger partial charge in [-0.2, -0.15) is 0 Å². The largest absolute Gasteiger partial charge is 0.468 e. The summed E-state index contributed by atoms with van der Waals surface area (Å²) in [6.07, 6.45) is 4.81. The Labute approximate surface area is 266 Å². The first kappa shape index (κ1) is 32.4. The van der Waals surface area contributed by atoms with Crippen molar-refractivity contribution in [1.82, 2.24) is 4.31 Å². The zero-order chi connectivity index (χ0) is 31.6. The summed E-state index contributed by atoms with van der Waals surface area (Å²) in [5, 5.41) is 0.565. The highest BCUT2D eigenvalue weighted by Crippen LogP contribution is 2.44. The van der Waals surface area contributed by atoms with E-state index in [1.165, 1.54) is 44.9 Å². The van der Waals surface area contributed by atoms with E-state index in [0.29, 0.717) is 39.8 Å². The second-order valence-electron chi connectivity index (χ2n) is 12.1. The third-order valence-corrected chi connectivity index (χ3v) is 11.6. The van der Waals surface area contributed by atoms with Gasteiger partial charge in [-0.05, 0) is 90.8 Å². The lowest BCUT2D eigenvalue weighted by Crippen LogP contribution is -2.57. The lowest BCUT2D eigenvalue weighted by Gasteiger charge is -2.39. The molecular weight excluding hydrogens is 596 g/mol. The minimum absolute atomic E-state index is 0.0586. The van der Waals surface area contributed by atoms with Crippen molar-refractivity contribution in [3.63, 3.8) is 0 Å². The first-order valence-electron chi connectivity index (χ1n) is 15.4. The van der Waals surface area contributed by atoms with Gasteiger partial charge in [-0.25, -0.2) is 12.9 Å². The summed E-state index contributed by atoms with van der Waals surface area (Å²) in [6, 6.07) is 16.8. The second-order valence-corrected chi connectivity index (χ2v) is 14.9. The predicted octanol–water partition coefficient (Wildman–Crippen LogP) is 7.51. The molecule has 1 aliphatic heterocycles. The summed E-state index contributed by atoms with van der Waals surface area (Å²) >= 11 is 1.87. The van der Waals surface area contributed by atoms with Crippen molar-refractivity contribution >= 4 is 40.2 Å². The minimum Gasteiger partial charge on any atom is -0.468 e. The van der Waals surface area contributed by atoms with E-state index in [-0.39, 0.29) is 18.1 Å². The molecule has 0 radical (unpaired) electrons. The summed E-state index contributed by atoms with van der Waals surface area (Å²) in [4.78, 5) is 29.9. The maximum absolute atomic E-state index is 13.9.